The molecule has 6 aromatic rings. The number of alkyl halides is 15. The van der Waals surface area contributed by atoms with E-state index in [9.17, 15) is 91.3 Å². The number of carbonyl (C=O) groups excluding carboxylic acids is 2. The molecule has 4 fully saturated rings. The van der Waals surface area contributed by atoms with Gasteiger partial charge in [-0.15, -0.1) is 35.6 Å². The molecule has 3 saturated heterocycles. The topological polar surface area (TPSA) is 217 Å². The number of nitrogens with one attached hydrogen (secondary N) is 1. The monoisotopic (exact) mass is 1650 g/mol. The number of nitrogen functional groups attached to an aromatic ring is 1. The lowest BCUT2D eigenvalue weighted by molar-refractivity contribution is -0.387. The van der Waals surface area contributed by atoms with Crippen LogP contribution in [0.3, 0.4) is 0 Å². The summed E-state index contributed by atoms with van der Waals surface area (Å²) >= 11 is 14.7. The van der Waals surface area contributed by atoms with Crippen LogP contribution in [0.1, 0.15) is 187 Å². The number of rotatable bonds is 11. The molecule has 4 aromatic carbocycles. The highest BCUT2D eigenvalue weighted by Gasteiger charge is 2.36. The molecule has 5 heterocycles. The van der Waals surface area contributed by atoms with Crippen LogP contribution in [-0.2, 0) is 24.7 Å². The number of aliphatic hydroxyl groups excluding tert-OH is 1. The van der Waals surface area contributed by atoms with Gasteiger partial charge in [-0.05, 0) is 155 Å². The van der Waals surface area contributed by atoms with Gasteiger partial charge in [0, 0.05) is 94.4 Å². The second kappa shape index (κ2) is 54.9. The molecule has 0 radical (unpaired) electrons. The van der Waals surface area contributed by atoms with Gasteiger partial charge in [0.1, 0.15) is 5.69 Å². The van der Waals surface area contributed by atoms with Gasteiger partial charge in [0.15, 0.2) is 0 Å². The largest absolute Gasteiger partial charge is 0.416 e. The summed E-state index contributed by atoms with van der Waals surface area (Å²) in [6, 6.07) is 17.1. The molecule has 35 heteroatoms. The quantitative estimate of drug-likeness (QED) is 0.0209. The number of hydrogen-bond acceptors (Lipinski definition) is 14. The van der Waals surface area contributed by atoms with E-state index in [-0.39, 0.29) is 40.9 Å². The van der Waals surface area contributed by atoms with Gasteiger partial charge < -0.3 is 35.8 Å². The number of halogens is 18. The van der Waals surface area contributed by atoms with E-state index in [0.717, 1.165) is 134 Å². The molecule has 612 valence electrons. The molecule has 0 bridgehead atoms. The van der Waals surface area contributed by atoms with E-state index < -0.39 is 92.3 Å². The van der Waals surface area contributed by atoms with Crippen molar-refractivity contribution in [3.05, 3.63) is 181 Å². The van der Waals surface area contributed by atoms with E-state index in [2.05, 4.69) is 50.8 Å². The first-order chi connectivity index (χ1) is 51.6. The zero-order valence-electron chi connectivity index (χ0n) is 62.1. The lowest BCUT2D eigenvalue weighted by Gasteiger charge is -2.26. The lowest BCUT2D eigenvalue weighted by Crippen LogP contribution is -2.26. The van der Waals surface area contributed by atoms with Crippen molar-refractivity contribution in [1.82, 2.24) is 14.9 Å². The molecule has 1 aliphatic carbocycles. The van der Waals surface area contributed by atoms with Gasteiger partial charge in [-0.1, -0.05) is 104 Å². The average molecular weight is 1650 g/mol. The Hall–Kier alpha value is -7.58. The summed E-state index contributed by atoms with van der Waals surface area (Å²) in [5.41, 5.74) is 3.28. The van der Waals surface area contributed by atoms with Gasteiger partial charge in [0.2, 0.25) is 5.82 Å². The summed E-state index contributed by atoms with van der Waals surface area (Å²) in [5, 5.41) is 30.5. The third-order valence-electron chi connectivity index (χ3n) is 16.7. The standard InChI is InChI=1S/C19H20F3N3O.C13H15F3N2O2.C13H17F3N2.C7H3F4NO2.C7H14.C6H4ClNO.C6H15N.CH2Cl2.CH3F.CH4O.ClH/c20-19(21,22)15-5-6-17(25-11-3-1-2-4-12-25)16(13-15)24-18(26)14-7-9-23-10-8-14;14-13(15,16)10-5-6-11(12(9-10)18(19)20)17-7-3-1-2-4-8-17;14-13(15,16)10-5-6-12(11(17)9-10)18-7-3-1-2-4-8-18;8-5-2-1-4(7(9,10)11)3-6(5)12(13)14;1-2-4-6-7-5-3-1;7-6(9)5-1-3-8-4-2-5;1-4-7(5-2)6-3;2-1-3;2*1-2;/h5-10,13H,1-4,11-12H2,(H,24,26);5-6,9H,1-4,7-8H2;5-6,9H,1-4,7-8,17H2;1-3H;1-7H2;1-4H;4-6H2,1-3H3;1H2;1H3;2H,1H3;1H/i;;;;;;;;1D;;. The summed E-state index contributed by atoms with van der Waals surface area (Å²) in [6.45, 7) is 14.7. The molecule has 1 saturated carbocycles. The first-order valence-corrected chi connectivity index (χ1v) is 36.3. The average Bonchev–Trinajstić information content (AvgIpc) is 0.976. The van der Waals surface area contributed by atoms with Crippen LogP contribution in [0, 0.1) is 26.0 Å². The number of nitrogens with two attached hydrogens (primary N) is 1. The van der Waals surface area contributed by atoms with Crippen LogP contribution in [0.5, 0.6) is 0 Å². The fourth-order valence-electron chi connectivity index (χ4n) is 11.1. The number of nitro benzene ring substituents is 2. The third kappa shape index (κ3) is 39.8. The van der Waals surface area contributed by atoms with Crippen molar-refractivity contribution >= 4 is 98.2 Å². The summed E-state index contributed by atoms with van der Waals surface area (Å²) in [5.74, 6) is -1.74. The minimum absolute atomic E-state index is 0. The van der Waals surface area contributed by atoms with Crippen molar-refractivity contribution in [3.63, 3.8) is 0 Å². The number of aromatic nitrogens is 2. The number of nitrogens with zero attached hydrogens (tertiary/aromatic N) is 8. The van der Waals surface area contributed by atoms with Crippen LogP contribution in [-0.4, -0.2) is 119 Å². The Labute approximate surface area is 650 Å². The van der Waals surface area contributed by atoms with Gasteiger partial charge in [-0.25, -0.2) is 0 Å². The molecular formula is C74H98Cl4F14N10O7. The van der Waals surface area contributed by atoms with Gasteiger partial charge in [0.25, 0.3) is 16.8 Å². The Morgan fingerprint density at radius 3 is 1.10 bits per heavy atom. The number of anilines is 5. The van der Waals surface area contributed by atoms with Crippen molar-refractivity contribution in [1.29, 1.82) is 0 Å². The van der Waals surface area contributed by atoms with E-state index in [1.165, 1.54) is 133 Å². The van der Waals surface area contributed by atoms with Crippen LogP contribution in [0.25, 0.3) is 0 Å². The van der Waals surface area contributed by atoms with Crippen molar-refractivity contribution in [2.24, 2.45) is 0 Å². The number of hydrogen-bond donors (Lipinski definition) is 3. The number of nitro groups is 2. The van der Waals surface area contributed by atoms with Crippen LogP contribution in [0.2, 0.25) is 0 Å². The molecule has 17 nitrogen and oxygen atoms in total. The second-order valence-electron chi connectivity index (χ2n) is 24.0. The minimum Gasteiger partial charge on any atom is -0.400 e. The fraction of sp³-hybridized carbons (Fsp3) is 0.514. The molecular weight excluding hydrogens is 1550 g/mol. The molecule has 2 aromatic heterocycles. The van der Waals surface area contributed by atoms with E-state index in [1.807, 2.05) is 4.90 Å². The number of carbonyl (C=O) groups is 2. The second-order valence-corrected chi connectivity index (χ2v) is 25.1. The van der Waals surface area contributed by atoms with Gasteiger partial charge in [-0.2, -0.15) is 57.1 Å². The van der Waals surface area contributed by atoms with Crippen molar-refractivity contribution < 1.29 is 87.4 Å². The van der Waals surface area contributed by atoms with Gasteiger partial charge >= 0.3 is 30.4 Å². The first kappa shape index (κ1) is 99.4. The maximum atomic E-state index is 13.1. The van der Waals surface area contributed by atoms with Crippen molar-refractivity contribution in [3.8, 4) is 0 Å². The van der Waals surface area contributed by atoms with E-state index in [1.54, 1.807) is 12.1 Å². The number of pyridine rings is 2. The molecule has 0 spiro atoms. The molecule has 0 atom stereocenters. The number of benzene rings is 4. The fourth-order valence-corrected chi connectivity index (χ4v) is 11.2. The van der Waals surface area contributed by atoms with E-state index in [0.29, 0.717) is 48.1 Å². The molecule has 4 N–H and O–H groups in total. The molecule has 1 amide bonds. The smallest absolute Gasteiger partial charge is 0.400 e. The van der Waals surface area contributed by atoms with Crippen molar-refractivity contribution in [2.45, 2.75) is 167 Å². The predicted molar refractivity (Wildman–Crippen MR) is 407 cm³/mol. The Morgan fingerprint density at radius 1 is 0.505 bits per heavy atom. The zero-order valence-corrected chi connectivity index (χ0v) is 64.2. The number of aliphatic hydroxyl groups is 1. The Kier molecular flexibility index (Phi) is 50.1. The zero-order chi connectivity index (χ0) is 82.2. The molecule has 109 heavy (non-hydrogen) atoms. The third-order valence-corrected chi connectivity index (χ3v) is 16.9. The maximum absolute atomic E-state index is 13.1. The van der Waals surface area contributed by atoms with Crippen LogP contribution in [0.15, 0.2) is 122 Å². The maximum Gasteiger partial charge on any atom is 0.416 e. The molecule has 4 aliphatic rings. The Morgan fingerprint density at radius 2 is 0.789 bits per heavy atom. The highest BCUT2D eigenvalue weighted by atomic mass is 35.5. The highest BCUT2D eigenvalue weighted by Crippen LogP contribution is 2.40. The Balaban J connectivity index is 0.00000129. The summed E-state index contributed by atoms with van der Waals surface area (Å²) in [6.07, 6.45) is 11.0. The van der Waals surface area contributed by atoms with Crippen LogP contribution in [0.4, 0.5) is 101 Å². The van der Waals surface area contributed by atoms with Gasteiger partial charge in [0.05, 0.1) is 68.7 Å². The summed E-state index contributed by atoms with van der Waals surface area (Å²) in [4.78, 5) is 57.9. The SMILES string of the molecule is C1CCCCCC1.CCN(CC)CC.CO.Cl.ClCCl.Nc1cc(C(F)(F)F)ccc1N1CCCCCC1.O=C(Cl)c1ccncc1.O=C(Nc1cc(C(F)(F)F)ccc1N1CCCCCC1)c1ccncc1.O=[N+]([O-])c1cc(C(F)(F)F)ccc1F.O=[N+]([O-])c1cc(C(F)(F)F)ccc1N1CCCCCC1.[2H]CF. The first-order valence-electron chi connectivity index (χ1n) is 35.6. The highest BCUT2D eigenvalue weighted by molar-refractivity contribution is 6.67. The van der Waals surface area contributed by atoms with Gasteiger partial charge in [-0.3, -0.25) is 44.2 Å². The summed E-state index contributed by atoms with van der Waals surface area (Å²) in [7, 11) is 0. The van der Waals surface area contributed by atoms with Crippen LogP contribution >= 0.6 is 47.2 Å². The summed E-state index contributed by atoms with van der Waals surface area (Å²) < 4.78 is 179. The van der Waals surface area contributed by atoms with E-state index in [4.69, 9.17) is 47.0 Å². The Bertz CT molecular complexity index is 3500. The molecule has 0 unspecified atom stereocenters. The van der Waals surface area contributed by atoms with E-state index >= 15 is 0 Å². The molecule has 10 rings (SSSR count). The van der Waals surface area contributed by atoms with Crippen LogP contribution < -0.4 is 25.8 Å². The lowest BCUT2D eigenvalue weighted by atomic mass is 10.1. The molecule has 3 aliphatic heterocycles. The predicted octanol–water partition coefficient (Wildman–Crippen LogP) is 22.7. The number of amides is 1. The minimum atomic E-state index is -4.71. The van der Waals surface area contributed by atoms with Crippen molar-refractivity contribution in [2.75, 3.05) is 104 Å². The normalized spacial score (nSPS) is 14.5.